The fourth-order valence-corrected chi connectivity index (χ4v) is 1.59. The highest BCUT2D eigenvalue weighted by molar-refractivity contribution is 7.50. The van der Waals surface area contributed by atoms with Gasteiger partial charge in [-0.05, 0) is 25.5 Å². The SMILES string of the molecule is [B][B]B([B])c1cc(C)c(NNC(C)=O)cc1C. The van der Waals surface area contributed by atoms with Crippen LogP contribution in [0.1, 0.15) is 18.1 Å². The maximum Gasteiger partial charge on any atom is 0.235 e. The third-order valence-electron chi connectivity index (χ3n) is 2.55. The zero-order valence-corrected chi connectivity index (χ0v) is 10.4. The summed E-state index contributed by atoms with van der Waals surface area (Å²) in [5.74, 6) is -0.141. The van der Waals surface area contributed by atoms with E-state index in [2.05, 4.69) is 10.9 Å². The number of rotatable bonds is 4. The van der Waals surface area contributed by atoms with E-state index in [9.17, 15) is 4.79 Å². The number of carbonyl (C=O) groups is 1. The Morgan fingerprint density at radius 1 is 1.35 bits per heavy atom. The molecule has 2 N–H and O–H groups in total. The van der Waals surface area contributed by atoms with Gasteiger partial charge in [-0.1, -0.05) is 17.1 Å². The van der Waals surface area contributed by atoms with E-state index in [-0.39, 0.29) is 12.4 Å². The standard InChI is InChI=1S/C10H13B4N2O/c1-6-5-10(16-15-8(3)17)7(2)4-9(6)14(12)13-11/h4-5,16H,1-3H3,(H,15,17). The monoisotopic (exact) mass is 221 g/mol. The van der Waals surface area contributed by atoms with E-state index in [1.807, 2.05) is 26.0 Å². The molecule has 0 aliphatic heterocycles. The van der Waals surface area contributed by atoms with Gasteiger partial charge in [0.05, 0.1) is 12.2 Å². The van der Waals surface area contributed by atoms with Crippen LogP contribution in [0.4, 0.5) is 5.69 Å². The molecule has 0 atom stereocenters. The van der Waals surface area contributed by atoms with Crippen molar-refractivity contribution in [3.63, 3.8) is 0 Å². The van der Waals surface area contributed by atoms with Crippen LogP contribution in [0.5, 0.6) is 0 Å². The maximum absolute atomic E-state index is 10.8. The molecule has 81 valence electrons. The van der Waals surface area contributed by atoms with Crippen molar-refractivity contribution in [1.82, 2.24) is 5.43 Å². The summed E-state index contributed by atoms with van der Waals surface area (Å²) in [6, 6.07) is 3.90. The topological polar surface area (TPSA) is 41.1 Å². The van der Waals surface area contributed by atoms with Crippen LogP contribution in [0.15, 0.2) is 12.1 Å². The summed E-state index contributed by atoms with van der Waals surface area (Å²) in [4.78, 5) is 10.8. The fourth-order valence-electron chi connectivity index (χ4n) is 1.59. The molecule has 17 heavy (non-hydrogen) atoms. The summed E-state index contributed by atoms with van der Waals surface area (Å²) in [7, 11) is 12.8. The minimum absolute atomic E-state index is 0.141. The zero-order valence-electron chi connectivity index (χ0n) is 10.4. The molecule has 0 heterocycles. The quantitative estimate of drug-likeness (QED) is 0.526. The Bertz CT molecular complexity index is 425. The molecule has 7 heteroatoms. The van der Waals surface area contributed by atoms with Gasteiger partial charge >= 0.3 is 0 Å². The summed E-state index contributed by atoms with van der Waals surface area (Å²) < 4.78 is 0. The van der Waals surface area contributed by atoms with Crippen LogP contribution in [-0.4, -0.2) is 34.9 Å². The molecular weight excluding hydrogens is 207 g/mol. The van der Waals surface area contributed by atoms with Gasteiger partial charge in [-0.25, -0.2) is 0 Å². The van der Waals surface area contributed by atoms with Crippen LogP contribution in [0, 0.1) is 13.8 Å². The summed E-state index contributed by atoms with van der Waals surface area (Å²) >= 11 is 0. The molecule has 0 spiro atoms. The lowest BCUT2D eigenvalue weighted by atomic mass is 9.03. The molecule has 5 radical (unpaired) electrons. The van der Waals surface area contributed by atoms with Crippen molar-refractivity contribution in [3.05, 3.63) is 23.3 Å². The molecule has 1 rings (SSSR count). The lowest BCUT2D eigenvalue weighted by molar-refractivity contribution is -0.118. The molecule has 1 aromatic rings. The molecule has 0 aliphatic rings. The Morgan fingerprint density at radius 2 is 2.00 bits per heavy atom. The van der Waals surface area contributed by atoms with Crippen molar-refractivity contribution in [2.75, 3.05) is 5.43 Å². The molecule has 1 amide bonds. The molecule has 0 aliphatic carbocycles. The Morgan fingerprint density at radius 3 is 2.53 bits per heavy atom. The van der Waals surface area contributed by atoms with Gasteiger partial charge in [-0.2, -0.15) is 0 Å². The summed E-state index contributed by atoms with van der Waals surface area (Å²) in [6.07, 6.45) is 0. The first-order chi connectivity index (χ1) is 7.95. The molecule has 0 aromatic heterocycles. The Hall–Kier alpha value is -1.25. The molecule has 0 bridgehead atoms. The van der Waals surface area contributed by atoms with Gasteiger partial charge < -0.3 is 0 Å². The average Bonchev–Trinajstić information content (AvgIpc) is 2.28. The van der Waals surface area contributed by atoms with Crippen molar-refractivity contribution >= 4 is 46.1 Å². The predicted molar refractivity (Wildman–Crippen MR) is 76.0 cm³/mol. The predicted octanol–water partition coefficient (Wildman–Crippen LogP) is -0.582. The highest BCUT2D eigenvalue weighted by atomic mass is 16.2. The molecule has 0 unspecified atom stereocenters. The Balaban J connectivity index is 2.96. The highest BCUT2D eigenvalue weighted by Crippen LogP contribution is 2.14. The van der Waals surface area contributed by atoms with Crippen molar-refractivity contribution in [2.45, 2.75) is 20.8 Å². The van der Waals surface area contributed by atoms with Gasteiger partial charge in [0.25, 0.3) is 0 Å². The van der Waals surface area contributed by atoms with E-state index in [1.54, 1.807) is 0 Å². The van der Waals surface area contributed by atoms with Gasteiger partial charge in [0.15, 0.2) is 0 Å². The van der Waals surface area contributed by atoms with E-state index in [1.165, 1.54) is 14.0 Å². The number of hydrogen-bond donors (Lipinski definition) is 2. The van der Waals surface area contributed by atoms with Gasteiger partial charge in [0, 0.05) is 29.5 Å². The highest BCUT2D eigenvalue weighted by Gasteiger charge is 2.11. The molecule has 0 fully saturated rings. The molecule has 0 saturated heterocycles. The number of benzene rings is 1. The fraction of sp³-hybridized carbons (Fsp3) is 0.300. The molecule has 3 nitrogen and oxygen atoms in total. The van der Waals surface area contributed by atoms with Gasteiger partial charge in [-0.15, -0.1) is 0 Å². The van der Waals surface area contributed by atoms with E-state index >= 15 is 0 Å². The zero-order chi connectivity index (χ0) is 13.0. The van der Waals surface area contributed by atoms with Gasteiger partial charge in [0.2, 0.25) is 5.91 Å². The number of carbonyl (C=O) groups excluding carboxylic acids is 1. The van der Waals surface area contributed by atoms with Crippen LogP contribution in [0.2, 0.25) is 0 Å². The Kier molecular flexibility index (Phi) is 4.79. The number of aryl methyl sites for hydroxylation is 2. The van der Waals surface area contributed by atoms with Crippen LogP contribution in [0.3, 0.4) is 0 Å². The van der Waals surface area contributed by atoms with Crippen LogP contribution in [0.25, 0.3) is 0 Å². The van der Waals surface area contributed by atoms with E-state index in [4.69, 9.17) is 15.5 Å². The molecule has 0 saturated carbocycles. The van der Waals surface area contributed by atoms with Crippen LogP contribution in [-0.2, 0) is 4.79 Å². The minimum atomic E-state index is -0.275. The third kappa shape index (κ3) is 3.62. The van der Waals surface area contributed by atoms with Crippen molar-refractivity contribution in [1.29, 1.82) is 0 Å². The first-order valence-electron chi connectivity index (χ1n) is 5.40. The molecule has 1 aromatic carbocycles. The second-order valence-corrected chi connectivity index (χ2v) is 4.05. The summed E-state index contributed by atoms with van der Waals surface area (Å²) in [5, 5.41) is 0. The largest absolute Gasteiger partial charge is 0.298 e. The number of nitrogens with one attached hydrogen (secondary N) is 2. The third-order valence-corrected chi connectivity index (χ3v) is 2.55. The van der Waals surface area contributed by atoms with Gasteiger partial charge in [-0.3, -0.25) is 15.6 Å². The normalized spacial score (nSPS) is 9.59. The second kappa shape index (κ2) is 5.89. The van der Waals surface area contributed by atoms with E-state index in [0.717, 1.165) is 22.3 Å². The number of anilines is 1. The lowest BCUT2D eigenvalue weighted by Gasteiger charge is -2.16. The van der Waals surface area contributed by atoms with Crippen molar-refractivity contribution in [3.8, 4) is 0 Å². The molecular formula is C10H13B4N2O. The minimum Gasteiger partial charge on any atom is -0.298 e. The lowest BCUT2D eigenvalue weighted by Crippen LogP contribution is -2.40. The summed E-state index contributed by atoms with van der Waals surface area (Å²) in [6.45, 7) is 5.07. The first-order valence-corrected chi connectivity index (χ1v) is 5.40. The number of amides is 1. The van der Waals surface area contributed by atoms with E-state index < -0.39 is 0 Å². The second-order valence-electron chi connectivity index (χ2n) is 4.05. The van der Waals surface area contributed by atoms with Crippen LogP contribution < -0.4 is 16.3 Å². The number of hydrogen-bond acceptors (Lipinski definition) is 2. The van der Waals surface area contributed by atoms with Gasteiger partial charge in [0.1, 0.15) is 0 Å². The van der Waals surface area contributed by atoms with Crippen molar-refractivity contribution in [2.24, 2.45) is 0 Å². The first kappa shape index (κ1) is 13.8. The smallest absolute Gasteiger partial charge is 0.235 e. The summed E-state index contributed by atoms with van der Waals surface area (Å²) in [5.41, 5.74) is 9.25. The van der Waals surface area contributed by atoms with E-state index in [0.29, 0.717) is 0 Å². The Labute approximate surface area is 106 Å². The van der Waals surface area contributed by atoms with Crippen LogP contribution >= 0.6 is 0 Å². The van der Waals surface area contributed by atoms with Crippen molar-refractivity contribution < 1.29 is 4.79 Å². The maximum atomic E-state index is 10.8. The average molecular weight is 220 g/mol. The number of hydrazine groups is 1.